The highest BCUT2D eigenvalue weighted by Gasteiger charge is 2.51. The normalized spacial score (nSPS) is 29.5. The smallest absolute Gasteiger partial charge is 0.123 e. The zero-order valence-electron chi connectivity index (χ0n) is 14.8. The first-order valence-electron chi connectivity index (χ1n) is 8.41. The van der Waals surface area contributed by atoms with Crippen LogP contribution in [-0.2, 0) is 15.6 Å². The Morgan fingerprint density at radius 1 is 1.18 bits per heavy atom. The van der Waals surface area contributed by atoms with Gasteiger partial charge in [0.25, 0.3) is 0 Å². The molecule has 2 atom stereocenters. The summed E-state index contributed by atoms with van der Waals surface area (Å²) in [6, 6.07) is 6.95. The molecule has 0 aliphatic heterocycles. The molecule has 2 aliphatic carbocycles. The zero-order chi connectivity index (χ0) is 16.3. The molecule has 3 rings (SSSR count). The molecule has 0 radical (unpaired) electrons. The van der Waals surface area contributed by atoms with E-state index in [4.69, 9.17) is 0 Å². The van der Waals surface area contributed by atoms with Crippen molar-refractivity contribution < 1.29 is 4.79 Å². The predicted octanol–water partition coefficient (Wildman–Crippen LogP) is 5.27. The molecule has 0 spiro atoms. The topological polar surface area (TPSA) is 17.1 Å². The van der Waals surface area contributed by atoms with Crippen LogP contribution in [0.2, 0.25) is 0 Å². The van der Waals surface area contributed by atoms with Crippen molar-refractivity contribution in [3.8, 4) is 0 Å². The van der Waals surface area contributed by atoms with Gasteiger partial charge in [0.05, 0.1) is 0 Å². The molecular weight excluding hydrogens is 268 g/mol. The number of benzene rings is 1. The van der Waals surface area contributed by atoms with Crippen molar-refractivity contribution in [1.29, 1.82) is 0 Å². The first-order valence-corrected chi connectivity index (χ1v) is 8.41. The molecule has 1 saturated carbocycles. The molecular formula is C21H28O. The highest BCUT2D eigenvalue weighted by Crippen LogP contribution is 2.54. The Morgan fingerprint density at radius 2 is 1.86 bits per heavy atom. The van der Waals surface area contributed by atoms with Crippen molar-refractivity contribution in [2.24, 2.45) is 11.3 Å². The van der Waals surface area contributed by atoms with Gasteiger partial charge in [0.2, 0.25) is 0 Å². The van der Waals surface area contributed by atoms with Gasteiger partial charge in [-0.25, -0.2) is 0 Å². The van der Waals surface area contributed by atoms with E-state index in [1.807, 2.05) is 0 Å². The molecule has 2 aliphatic rings. The largest absolute Gasteiger partial charge is 0.303 e. The first-order chi connectivity index (χ1) is 10.1. The van der Waals surface area contributed by atoms with Gasteiger partial charge in [0.15, 0.2) is 0 Å². The van der Waals surface area contributed by atoms with Crippen LogP contribution in [-0.4, -0.2) is 6.29 Å². The molecule has 1 fully saturated rings. The molecule has 1 aromatic carbocycles. The number of rotatable bonds is 2. The zero-order valence-corrected chi connectivity index (χ0v) is 14.8. The maximum Gasteiger partial charge on any atom is 0.123 e. The summed E-state index contributed by atoms with van der Waals surface area (Å²) in [7, 11) is 0. The molecule has 2 unspecified atom stereocenters. The average molecular weight is 296 g/mol. The molecule has 0 saturated heterocycles. The van der Waals surface area contributed by atoms with Gasteiger partial charge < -0.3 is 4.79 Å². The van der Waals surface area contributed by atoms with Crippen LogP contribution >= 0.6 is 0 Å². The highest BCUT2D eigenvalue weighted by atomic mass is 16.1. The Kier molecular flexibility index (Phi) is 3.22. The summed E-state index contributed by atoms with van der Waals surface area (Å²) in [5.41, 5.74) is 6.04. The molecule has 0 N–H and O–H groups in total. The van der Waals surface area contributed by atoms with E-state index in [1.165, 1.54) is 22.3 Å². The lowest BCUT2D eigenvalue weighted by molar-refractivity contribution is -0.109. The van der Waals surface area contributed by atoms with E-state index in [0.29, 0.717) is 0 Å². The highest BCUT2D eigenvalue weighted by molar-refractivity contribution is 5.76. The van der Waals surface area contributed by atoms with Crippen LogP contribution in [0.5, 0.6) is 0 Å². The van der Waals surface area contributed by atoms with Crippen LogP contribution in [0.15, 0.2) is 24.3 Å². The van der Waals surface area contributed by atoms with Gasteiger partial charge in [-0.05, 0) is 45.9 Å². The quantitative estimate of drug-likeness (QED) is 0.679. The predicted molar refractivity (Wildman–Crippen MR) is 93.0 cm³/mol. The minimum absolute atomic E-state index is 0.0569. The maximum atomic E-state index is 11.2. The summed E-state index contributed by atoms with van der Waals surface area (Å²) >= 11 is 0. The standard InChI is InChI=1S/C21H28O/c1-19(2,3)17-9-10-20(4,5)18-8-7-14(11-16(17)18)21(6)12-15(21)13-22/h7-9,11,13,15H,10,12H2,1-6H3. The molecule has 0 amide bonds. The lowest BCUT2D eigenvalue weighted by Crippen LogP contribution is -2.25. The van der Waals surface area contributed by atoms with Crippen molar-refractivity contribution in [2.45, 2.75) is 65.2 Å². The van der Waals surface area contributed by atoms with Gasteiger partial charge in [-0.2, -0.15) is 0 Å². The Bertz CT molecular complexity index is 657. The second-order valence-corrected chi connectivity index (χ2v) is 9.08. The first kappa shape index (κ1) is 15.5. The van der Waals surface area contributed by atoms with Gasteiger partial charge in [0.1, 0.15) is 6.29 Å². The number of aldehydes is 1. The van der Waals surface area contributed by atoms with Crippen molar-refractivity contribution >= 4 is 11.9 Å². The van der Waals surface area contributed by atoms with Crippen LogP contribution in [0.1, 0.15) is 71.1 Å². The van der Waals surface area contributed by atoms with Crippen LogP contribution in [0, 0.1) is 11.3 Å². The van der Waals surface area contributed by atoms with Crippen molar-refractivity contribution in [3.05, 3.63) is 41.0 Å². The van der Waals surface area contributed by atoms with Crippen LogP contribution in [0.3, 0.4) is 0 Å². The third kappa shape index (κ3) is 2.26. The average Bonchev–Trinajstić information content (AvgIpc) is 3.09. The second-order valence-electron chi connectivity index (χ2n) is 9.08. The fourth-order valence-electron chi connectivity index (χ4n) is 3.93. The number of hydrogen-bond donors (Lipinski definition) is 0. The number of carbonyl (C=O) groups excluding carboxylic acids is 1. The molecule has 118 valence electrons. The lowest BCUT2D eigenvalue weighted by atomic mass is 9.67. The van der Waals surface area contributed by atoms with E-state index in [0.717, 1.165) is 19.1 Å². The van der Waals surface area contributed by atoms with Crippen molar-refractivity contribution in [1.82, 2.24) is 0 Å². The van der Waals surface area contributed by atoms with Crippen molar-refractivity contribution in [3.63, 3.8) is 0 Å². The minimum atomic E-state index is 0.0569. The lowest BCUT2D eigenvalue weighted by Gasteiger charge is -2.37. The van der Waals surface area contributed by atoms with E-state index >= 15 is 0 Å². The van der Waals surface area contributed by atoms with E-state index in [-0.39, 0.29) is 22.2 Å². The van der Waals surface area contributed by atoms with Gasteiger partial charge >= 0.3 is 0 Å². The Balaban J connectivity index is 2.13. The summed E-state index contributed by atoms with van der Waals surface area (Å²) in [5, 5.41) is 0. The van der Waals surface area contributed by atoms with E-state index in [2.05, 4.69) is 65.8 Å². The molecule has 0 bridgehead atoms. The molecule has 1 aromatic rings. The van der Waals surface area contributed by atoms with Crippen molar-refractivity contribution in [2.75, 3.05) is 0 Å². The summed E-state index contributed by atoms with van der Waals surface area (Å²) in [6.07, 6.45) is 5.65. The van der Waals surface area contributed by atoms with Crippen LogP contribution in [0.25, 0.3) is 5.57 Å². The fourth-order valence-corrected chi connectivity index (χ4v) is 3.93. The molecule has 0 aromatic heterocycles. The fraction of sp³-hybridized carbons (Fsp3) is 0.571. The summed E-state index contributed by atoms with van der Waals surface area (Å²) in [6.45, 7) is 13.8. The minimum Gasteiger partial charge on any atom is -0.303 e. The Morgan fingerprint density at radius 3 is 2.41 bits per heavy atom. The second kappa shape index (κ2) is 4.57. The van der Waals surface area contributed by atoms with Gasteiger partial charge in [0, 0.05) is 11.3 Å². The van der Waals surface area contributed by atoms with Gasteiger partial charge in [-0.1, -0.05) is 65.8 Å². The third-order valence-corrected chi connectivity index (χ3v) is 5.79. The number of hydrogen-bond acceptors (Lipinski definition) is 1. The number of fused-ring (bicyclic) bond motifs is 1. The maximum absolute atomic E-state index is 11.2. The summed E-state index contributed by atoms with van der Waals surface area (Å²) < 4.78 is 0. The van der Waals surface area contributed by atoms with E-state index in [9.17, 15) is 4.79 Å². The number of carbonyl (C=O) groups is 1. The van der Waals surface area contributed by atoms with E-state index < -0.39 is 0 Å². The summed E-state index contributed by atoms with van der Waals surface area (Å²) in [5.74, 6) is 0.198. The van der Waals surface area contributed by atoms with E-state index in [1.54, 1.807) is 0 Å². The molecule has 1 nitrogen and oxygen atoms in total. The summed E-state index contributed by atoms with van der Waals surface area (Å²) in [4.78, 5) is 11.2. The Labute approximate surface area is 134 Å². The van der Waals surface area contributed by atoms with Crippen LogP contribution in [0.4, 0.5) is 0 Å². The molecule has 22 heavy (non-hydrogen) atoms. The van der Waals surface area contributed by atoms with Gasteiger partial charge in [-0.15, -0.1) is 0 Å². The molecule has 0 heterocycles. The monoisotopic (exact) mass is 296 g/mol. The van der Waals surface area contributed by atoms with Crippen LogP contribution < -0.4 is 0 Å². The molecule has 1 heteroatoms. The third-order valence-electron chi connectivity index (χ3n) is 5.79. The number of allylic oxidation sites excluding steroid dienone is 2. The Hall–Kier alpha value is -1.37. The SMILES string of the molecule is CC(C)(C)C1=CCC(C)(C)c2ccc(C3(C)CC3C=O)cc21. The van der Waals surface area contributed by atoms with Gasteiger partial charge in [-0.3, -0.25) is 0 Å².